The number of aliphatic hydroxyl groups is 1. The maximum absolute atomic E-state index is 10.9. The Kier molecular flexibility index (Phi) is 4.84. The van der Waals surface area contributed by atoms with Crippen molar-refractivity contribution in [1.82, 2.24) is 5.32 Å². The molecule has 0 radical (unpaired) electrons. The van der Waals surface area contributed by atoms with Crippen LogP contribution in [0.2, 0.25) is 0 Å². The van der Waals surface area contributed by atoms with Gasteiger partial charge in [0.05, 0.1) is 11.0 Å². The van der Waals surface area contributed by atoms with Crippen LogP contribution in [0, 0.1) is 17.0 Å². The first-order chi connectivity index (χ1) is 9.59. The fraction of sp³-hybridized carbons (Fsp3) is 0.286. The summed E-state index contributed by atoms with van der Waals surface area (Å²) < 4.78 is 0. The van der Waals surface area contributed by atoms with Crippen LogP contribution in [0.15, 0.2) is 35.0 Å². The number of nitro groups is 1. The second-order valence-corrected chi connectivity index (χ2v) is 5.30. The van der Waals surface area contributed by atoms with Crippen LogP contribution in [0.1, 0.15) is 22.8 Å². The summed E-state index contributed by atoms with van der Waals surface area (Å²) in [5.41, 5.74) is 2.55. The lowest BCUT2D eigenvalue weighted by Gasteiger charge is -2.12. The highest BCUT2D eigenvalue weighted by Crippen LogP contribution is 2.21. The zero-order valence-corrected chi connectivity index (χ0v) is 11.9. The van der Waals surface area contributed by atoms with Crippen LogP contribution in [0.3, 0.4) is 0 Å². The van der Waals surface area contributed by atoms with Gasteiger partial charge in [-0.25, -0.2) is 0 Å². The second-order valence-electron chi connectivity index (χ2n) is 4.52. The van der Waals surface area contributed by atoms with Crippen molar-refractivity contribution < 1.29 is 10.0 Å². The topological polar surface area (TPSA) is 75.4 Å². The van der Waals surface area contributed by atoms with Gasteiger partial charge in [-0.05, 0) is 34.9 Å². The Balaban J connectivity index is 1.95. The maximum atomic E-state index is 10.9. The first-order valence-corrected chi connectivity index (χ1v) is 7.17. The summed E-state index contributed by atoms with van der Waals surface area (Å²) in [6, 6.07) is 6.92. The highest BCUT2D eigenvalue weighted by molar-refractivity contribution is 7.07. The van der Waals surface area contributed by atoms with E-state index in [-0.39, 0.29) is 10.6 Å². The standard InChI is InChI=1S/C14H16N2O3S/c1-10-11(3-2-4-13(10)16(18)19)7-15-8-14(17)12-5-6-20-9-12/h2-6,9,14-15,17H,7-8H2,1H3. The van der Waals surface area contributed by atoms with Gasteiger partial charge in [-0.3, -0.25) is 10.1 Å². The molecule has 2 aromatic rings. The summed E-state index contributed by atoms with van der Waals surface area (Å²) in [7, 11) is 0. The molecular weight excluding hydrogens is 276 g/mol. The van der Waals surface area contributed by atoms with Gasteiger partial charge < -0.3 is 10.4 Å². The number of aliphatic hydroxyl groups excluding tert-OH is 1. The van der Waals surface area contributed by atoms with E-state index in [1.54, 1.807) is 24.3 Å². The number of hydrogen-bond acceptors (Lipinski definition) is 5. The van der Waals surface area contributed by atoms with Crippen LogP contribution in [0.25, 0.3) is 0 Å². The smallest absolute Gasteiger partial charge is 0.272 e. The van der Waals surface area contributed by atoms with E-state index in [9.17, 15) is 15.2 Å². The summed E-state index contributed by atoms with van der Waals surface area (Å²) in [5.74, 6) is 0. The largest absolute Gasteiger partial charge is 0.387 e. The third kappa shape index (κ3) is 3.41. The molecule has 0 aliphatic carbocycles. The number of thiophene rings is 1. The van der Waals surface area contributed by atoms with Crippen molar-refractivity contribution in [3.8, 4) is 0 Å². The van der Waals surface area contributed by atoms with Crippen LogP contribution in [0.4, 0.5) is 5.69 Å². The van der Waals surface area contributed by atoms with Crippen molar-refractivity contribution in [1.29, 1.82) is 0 Å². The van der Waals surface area contributed by atoms with Crippen molar-refractivity contribution in [2.45, 2.75) is 19.6 Å². The predicted octanol–water partition coefficient (Wildman–Crippen LogP) is 2.79. The molecule has 20 heavy (non-hydrogen) atoms. The molecule has 1 heterocycles. The van der Waals surface area contributed by atoms with Gasteiger partial charge in [0.2, 0.25) is 0 Å². The van der Waals surface area contributed by atoms with Gasteiger partial charge in [-0.1, -0.05) is 12.1 Å². The van der Waals surface area contributed by atoms with E-state index in [1.807, 2.05) is 22.9 Å². The molecule has 0 fully saturated rings. The van der Waals surface area contributed by atoms with Crippen LogP contribution in [-0.4, -0.2) is 16.6 Å². The fourth-order valence-electron chi connectivity index (χ4n) is 1.99. The first kappa shape index (κ1) is 14.6. The van der Waals surface area contributed by atoms with Gasteiger partial charge in [0, 0.05) is 24.7 Å². The molecule has 0 aliphatic heterocycles. The minimum atomic E-state index is -0.555. The third-order valence-corrected chi connectivity index (χ3v) is 3.90. The zero-order valence-electron chi connectivity index (χ0n) is 11.1. The average molecular weight is 292 g/mol. The third-order valence-electron chi connectivity index (χ3n) is 3.20. The molecule has 0 saturated heterocycles. The summed E-state index contributed by atoms with van der Waals surface area (Å²) in [6.45, 7) is 2.65. The Hall–Kier alpha value is -1.76. The van der Waals surface area contributed by atoms with E-state index in [1.165, 1.54) is 6.07 Å². The van der Waals surface area contributed by atoms with Gasteiger partial charge in [0.15, 0.2) is 0 Å². The molecular formula is C14H16N2O3S. The molecule has 2 N–H and O–H groups in total. The Morgan fingerprint density at radius 1 is 1.45 bits per heavy atom. The molecule has 1 aromatic carbocycles. The lowest BCUT2D eigenvalue weighted by atomic mass is 10.1. The van der Waals surface area contributed by atoms with Gasteiger partial charge in [0.25, 0.3) is 5.69 Å². The SMILES string of the molecule is Cc1c(CNCC(O)c2ccsc2)cccc1[N+](=O)[O-]. The van der Waals surface area contributed by atoms with Crippen LogP contribution < -0.4 is 5.32 Å². The van der Waals surface area contributed by atoms with E-state index in [0.29, 0.717) is 18.7 Å². The van der Waals surface area contributed by atoms with Crippen LogP contribution in [-0.2, 0) is 6.54 Å². The molecule has 2 rings (SSSR count). The lowest BCUT2D eigenvalue weighted by molar-refractivity contribution is -0.385. The normalized spacial score (nSPS) is 12.3. The van der Waals surface area contributed by atoms with Gasteiger partial charge in [-0.15, -0.1) is 0 Å². The number of nitro benzene ring substituents is 1. The van der Waals surface area contributed by atoms with E-state index in [2.05, 4.69) is 5.32 Å². The molecule has 0 spiro atoms. The molecule has 0 saturated carbocycles. The Labute approximate surface area is 121 Å². The number of rotatable bonds is 6. The molecule has 1 aromatic heterocycles. The molecule has 1 unspecified atom stereocenters. The van der Waals surface area contributed by atoms with Crippen molar-refractivity contribution in [2.75, 3.05) is 6.54 Å². The van der Waals surface area contributed by atoms with Crippen LogP contribution >= 0.6 is 11.3 Å². The zero-order chi connectivity index (χ0) is 14.5. The van der Waals surface area contributed by atoms with E-state index in [0.717, 1.165) is 11.1 Å². The molecule has 1 atom stereocenters. The van der Waals surface area contributed by atoms with Gasteiger partial charge in [0.1, 0.15) is 0 Å². The quantitative estimate of drug-likeness (QED) is 0.634. The van der Waals surface area contributed by atoms with Crippen LogP contribution in [0.5, 0.6) is 0 Å². The molecule has 0 bridgehead atoms. The van der Waals surface area contributed by atoms with Crippen molar-refractivity contribution in [3.05, 3.63) is 61.8 Å². The minimum absolute atomic E-state index is 0.127. The minimum Gasteiger partial charge on any atom is -0.387 e. The molecule has 0 aliphatic rings. The molecule has 6 heteroatoms. The van der Waals surface area contributed by atoms with E-state index in [4.69, 9.17) is 0 Å². The van der Waals surface area contributed by atoms with E-state index >= 15 is 0 Å². The van der Waals surface area contributed by atoms with Gasteiger partial charge in [-0.2, -0.15) is 11.3 Å². The van der Waals surface area contributed by atoms with E-state index < -0.39 is 6.10 Å². The highest BCUT2D eigenvalue weighted by atomic mass is 32.1. The first-order valence-electron chi connectivity index (χ1n) is 6.23. The fourth-order valence-corrected chi connectivity index (χ4v) is 2.69. The number of nitrogens with zero attached hydrogens (tertiary/aromatic N) is 1. The molecule has 5 nitrogen and oxygen atoms in total. The number of hydrogen-bond donors (Lipinski definition) is 2. The Morgan fingerprint density at radius 3 is 2.90 bits per heavy atom. The summed E-state index contributed by atoms with van der Waals surface area (Å²) in [5, 5.41) is 27.7. The second kappa shape index (κ2) is 6.60. The summed E-state index contributed by atoms with van der Waals surface area (Å²) in [6.07, 6.45) is -0.555. The van der Waals surface area contributed by atoms with Crippen molar-refractivity contribution in [2.24, 2.45) is 0 Å². The maximum Gasteiger partial charge on any atom is 0.272 e. The van der Waals surface area contributed by atoms with Gasteiger partial charge >= 0.3 is 0 Å². The predicted molar refractivity (Wildman–Crippen MR) is 78.8 cm³/mol. The monoisotopic (exact) mass is 292 g/mol. The lowest BCUT2D eigenvalue weighted by Crippen LogP contribution is -2.21. The number of nitrogens with one attached hydrogen (secondary N) is 1. The molecule has 0 amide bonds. The summed E-state index contributed by atoms with van der Waals surface area (Å²) in [4.78, 5) is 10.5. The highest BCUT2D eigenvalue weighted by Gasteiger charge is 2.13. The average Bonchev–Trinajstić information content (AvgIpc) is 2.94. The van der Waals surface area contributed by atoms with Crippen molar-refractivity contribution in [3.63, 3.8) is 0 Å². The molecule has 106 valence electrons. The Morgan fingerprint density at radius 2 is 2.25 bits per heavy atom. The summed E-state index contributed by atoms with van der Waals surface area (Å²) >= 11 is 1.54. The Bertz CT molecular complexity index is 584. The van der Waals surface area contributed by atoms with Crippen molar-refractivity contribution >= 4 is 17.0 Å². The number of benzene rings is 1.